The number of rotatable bonds is 10. The fraction of sp³-hybridized carbons (Fsp3) is 0.524. The number of carbonyl (C=O) groups excluding carboxylic acids is 4. The quantitative estimate of drug-likeness (QED) is 0.491. The van der Waals surface area contributed by atoms with Gasteiger partial charge >= 0.3 is 5.97 Å². The maximum absolute atomic E-state index is 12.2. The lowest BCUT2D eigenvalue weighted by Gasteiger charge is -2.15. The second-order valence-corrected chi connectivity index (χ2v) is 7.51. The molecule has 0 saturated heterocycles. The zero-order valence-corrected chi connectivity index (χ0v) is 16.7. The van der Waals surface area contributed by atoms with E-state index in [1.165, 1.54) is 0 Å². The molecule has 0 unspecified atom stereocenters. The van der Waals surface area contributed by atoms with Crippen molar-refractivity contribution in [3.05, 3.63) is 35.4 Å². The summed E-state index contributed by atoms with van der Waals surface area (Å²) < 4.78 is 4.95. The second-order valence-electron chi connectivity index (χ2n) is 7.51. The van der Waals surface area contributed by atoms with E-state index in [-0.39, 0.29) is 31.5 Å². The summed E-state index contributed by atoms with van der Waals surface area (Å²) in [6.45, 7) is 5.80. The molecule has 0 aromatic heterocycles. The highest BCUT2D eigenvalue weighted by atomic mass is 16.5. The second kappa shape index (κ2) is 10.0. The van der Waals surface area contributed by atoms with Gasteiger partial charge in [-0.1, -0.05) is 38.8 Å². The molecule has 0 saturated carbocycles. The van der Waals surface area contributed by atoms with Crippen LogP contribution in [0.5, 0.6) is 0 Å². The van der Waals surface area contributed by atoms with Gasteiger partial charge in [0, 0.05) is 12.6 Å². The van der Waals surface area contributed by atoms with Crippen molar-refractivity contribution in [2.75, 3.05) is 13.2 Å². The summed E-state index contributed by atoms with van der Waals surface area (Å²) >= 11 is 0. The van der Waals surface area contributed by atoms with Crippen LogP contribution in [-0.4, -0.2) is 47.8 Å². The first-order valence-electron chi connectivity index (χ1n) is 9.69. The molecule has 1 aliphatic rings. The molecule has 1 aliphatic heterocycles. The fourth-order valence-corrected chi connectivity index (χ4v) is 3.08. The zero-order valence-electron chi connectivity index (χ0n) is 16.7. The van der Waals surface area contributed by atoms with Crippen LogP contribution in [0.25, 0.3) is 0 Å². The Kier molecular flexibility index (Phi) is 7.72. The molecule has 1 aromatic carbocycles. The number of fused-ring (bicyclic) bond motifs is 1. The Labute approximate surface area is 165 Å². The van der Waals surface area contributed by atoms with Gasteiger partial charge in [-0.25, -0.2) is 0 Å². The summed E-state index contributed by atoms with van der Waals surface area (Å²) in [5, 5.41) is 2.80. The highest BCUT2D eigenvalue weighted by molar-refractivity contribution is 6.21. The normalized spacial score (nSPS) is 14.2. The van der Waals surface area contributed by atoms with Crippen molar-refractivity contribution >= 4 is 23.7 Å². The minimum atomic E-state index is -0.626. The number of ether oxygens (including phenoxy) is 1. The minimum absolute atomic E-state index is 0.0169. The lowest BCUT2D eigenvalue weighted by atomic mass is 10.0. The summed E-state index contributed by atoms with van der Waals surface area (Å²) in [4.78, 5) is 49.2. The molecular weight excluding hydrogens is 360 g/mol. The van der Waals surface area contributed by atoms with Crippen LogP contribution >= 0.6 is 0 Å². The predicted octanol–water partition coefficient (Wildman–Crippen LogP) is 2.55. The number of hydrogen-bond donors (Lipinski definition) is 1. The lowest BCUT2D eigenvalue weighted by molar-refractivity contribution is -0.148. The Morgan fingerprint density at radius 2 is 1.64 bits per heavy atom. The van der Waals surface area contributed by atoms with Gasteiger partial charge in [-0.3, -0.25) is 24.1 Å². The van der Waals surface area contributed by atoms with E-state index >= 15 is 0 Å². The van der Waals surface area contributed by atoms with Gasteiger partial charge in [0.05, 0.1) is 17.5 Å². The molecule has 7 nitrogen and oxygen atoms in total. The first-order chi connectivity index (χ1) is 13.3. The van der Waals surface area contributed by atoms with Crippen molar-refractivity contribution in [2.45, 2.75) is 52.5 Å². The molecule has 0 fully saturated rings. The molecule has 3 amide bonds. The van der Waals surface area contributed by atoms with Gasteiger partial charge in [0.25, 0.3) is 17.7 Å². The van der Waals surface area contributed by atoms with Gasteiger partial charge in [-0.15, -0.1) is 0 Å². The van der Waals surface area contributed by atoms with Gasteiger partial charge in [0.2, 0.25) is 0 Å². The maximum Gasteiger partial charge on any atom is 0.308 e. The molecule has 1 N–H and O–H groups in total. The van der Waals surface area contributed by atoms with E-state index in [1.54, 1.807) is 24.3 Å². The molecule has 0 spiro atoms. The third-order valence-corrected chi connectivity index (χ3v) is 4.61. The van der Waals surface area contributed by atoms with Crippen molar-refractivity contribution in [1.82, 2.24) is 10.2 Å². The molecule has 2 rings (SSSR count). The van der Waals surface area contributed by atoms with Crippen molar-refractivity contribution in [3.63, 3.8) is 0 Å². The number of nitrogens with zero attached hydrogens (tertiary/aromatic N) is 1. The van der Waals surface area contributed by atoms with E-state index < -0.39 is 17.8 Å². The highest BCUT2D eigenvalue weighted by Gasteiger charge is 2.35. The molecular formula is C21H28N2O5. The highest BCUT2D eigenvalue weighted by Crippen LogP contribution is 2.22. The number of esters is 1. The molecule has 152 valence electrons. The van der Waals surface area contributed by atoms with Gasteiger partial charge in [0.15, 0.2) is 6.61 Å². The first-order valence-corrected chi connectivity index (χ1v) is 9.69. The smallest absolute Gasteiger partial charge is 0.308 e. The van der Waals surface area contributed by atoms with Crippen molar-refractivity contribution in [3.8, 4) is 0 Å². The Hall–Kier alpha value is -2.70. The van der Waals surface area contributed by atoms with Crippen molar-refractivity contribution in [1.29, 1.82) is 0 Å². The van der Waals surface area contributed by atoms with Crippen LogP contribution in [0.2, 0.25) is 0 Å². The molecule has 0 aliphatic carbocycles. The zero-order chi connectivity index (χ0) is 20.7. The molecule has 0 bridgehead atoms. The standard InChI is InChI=1S/C21H28N2O5/c1-14(2)7-6-8-15(3)22-18(24)13-28-19(25)11-12-23-20(26)16-9-4-5-10-17(16)21(23)27/h4-5,9-10,14-15H,6-8,11-13H2,1-3H3,(H,22,24)/t15-/m0/s1. The molecule has 28 heavy (non-hydrogen) atoms. The SMILES string of the molecule is CC(C)CCC[C@H](C)NC(=O)COC(=O)CCN1C(=O)c2ccccc2C1=O. The Bertz CT molecular complexity index is 709. The summed E-state index contributed by atoms with van der Waals surface area (Å²) in [6.07, 6.45) is 2.85. The molecule has 7 heteroatoms. The van der Waals surface area contributed by atoms with Crippen molar-refractivity contribution in [2.24, 2.45) is 5.92 Å². The lowest BCUT2D eigenvalue weighted by Crippen LogP contribution is -2.36. The van der Waals surface area contributed by atoms with E-state index in [2.05, 4.69) is 19.2 Å². The summed E-state index contributed by atoms with van der Waals surface area (Å²) in [5.41, 5.74) is 0.679. The van der Waals surface area contributed by atoms with Crippen LogP contribution in [0, 0.1) is 5.92 Å². The van der Waals surface area contributed by atoms with E-state index in [1.807, 2.05) is 6.92 Å². The fourth-order valence-electron chi connectivity index (χ4n) is 3.08. The van der Waals surface area contributed by atoms with E-state index in [0.29, 0.717) is 17.0 Å². The van der Waals surface area contributed by atoms with E-state index in [4.69, 9.17) is 4.74 Å². The number of imide groups is 1. The predicted molar refractivity (Wildman–Crippen MR) is 104 cm³/mol. The molecule has 1 atom stereocenters. The third kappa shape index (κ3) is 5.90. The summed E-state index contributed by atoms with van der Waals surface area (Å²) in [6, 6.07) is 6.55. The first kappa shape index (κ1) is 21.6. The number of nitrogens with one attached hydrogen (secondary N) is 1. The van der Waals surface area contributed by atoms with Crippen LogP contribution in [0.1, 0.15) is 67.2 Å². The monoisotopic (exact) mass is 388 g/mol. The van der Waals surface area contributed by atoms with Crippen LogP contribution in [-0.2, 0) is 14.3 Å². The average molecular weight is 388 g/mol. The number of hydrogen-bond acceptors (Lipinski definition) is 5. The van der Waals surface area contributed by atoms with Crippen LogP contribution in [0.15, 0.2) is 24.3 Å². The summed E-state index contributed by atoms with van der Waals surface area (Å²) in [7, 11) is 0. The minimum Gasteiger partial charge on any atom is -0.456 e. The topological polar surface area (TPSA) is 92.8 Å². The van der Waals surface area contributed by atoms with E-state index in [0.717, 1.165) is 24.2 Å². The average Bonchev–Trinajstić information content (AvgIpc) is 2.89. The van der Waals surface area contributed by atoms with Gasteiger partial charge < -0.3 is 10.1 Å². The number of carbonyl (C=O) groups is 4. The summed E-state index contributed by atoms with van der Waals surface area (Å²) in [5.74, 6) is -1.18. The van der Waals surface area contributed by atoms with Gasteiger partial charge in [0.1, 0.15) is 0 Å². The number of amides is 3. The van der Waals surface area contributed by atoms with Crippen LogP contribution in [0.4, 0.5) is 0 Å². The maximum atomic E-state index is 12.2. The molecule has 1 heterocycles. The Morgan fingerprint density at radius 3 is 2.21 bits per heavy atom. The van der Waals surface area contributed by atoms with Crippen LogP contribution in [0.3, 0.4) is 0 Å². The Morgan fingerprint density at radius 1 is 1.04 bits per heavy atom. The van der Waals surface area contributed by atoms with Gasteiger partial charge in [-0.05, 0) is 31.4 Å². The Balaban J connectivity index is 1.68. The van der Waals surface area contributed by atoms with E-state index in [9.17, 15) is 19.2 Å². The molecule has 1 aromatic rings. The molecule has 0 radical (unpaired) electrons. The largest absolute Gasteiger partial charge is 0.456 e. The number of benzene rings is 1. The third-order valence-electron chi connectivity index (χ3n) is 4.61. The van der Waals surface area contributed by atoms with Crippen molar-refractivity contribution < 1.29 is 23.9 Å². The van der Waals surface area contributed by atoms with Gasteiger partial charge in [-0.2, -0.15) is 0 Å². The van der Waals surface area contributed by atoms with Crippen LogP contribution < -0.4 is 5.32 Å².